The van der Waals surface area contributed by atoms with Crippen LogP contribution in [0.3, 0.4) is 0 Å². The average Bonchev–Trinajstić information content (AvgIpc) is 2.59. The monoisotopic (exact) mass is 330 g/mol. The van der Waals surface area contributed by atoms with Gasteiger partial charge >= 0.3 is 0 Å². The molecule has 24 heavy (non-hydrogen) atoms. The van der Waals surface area contributed by atoms with Crippen LogP contribution in [0.1, 0.15) is 116 Å². The van der Waals surface area contributed by atoms with Gasteiger partial charge in [-0.1, -0.05) is 126 Å². The van der Waals surface area contributed by atoms with Crippen LogP contribution in [0.4, 0.5) is 0 Å². The molecule has 0 aromatic rings. The van der Waals surface area contributed by atoms with Crippen molar-refractivity contribution in [3.05, 3.63) is 36.5 Å². The molecule has 0 fully saturated rings. The van der Waals surface area contributed by atoms with E-state index in [0.29, 0.717) is 0 Å². The lowest BCUT2D eigenvalue weighted by molar-refractivity contribution is 0.528. The van der Waals surface area contributed by atoms with Crippen LogP contribution < -0.4 is 0 Å². The molecule has 0 atom stereocenters. The fraction of sp³-hybridized carbons (Fsp3) is 0.750. The van der Waals surface area contributed by atoms with E-state index in [9.17, 15) is 0 Å². The fourth-order valence-corrected chi connectivity index (χ4v) is 3.48. The number of hydrogen-bond donors (Lipinski definition) is 0. The van der Waals surface area contributed by atoms with Crippen molar-refractivity contribution in [1.82, 2.24) is 0 Å². The van der Waals surface area contributed by atoms with Crippen LogP contribution in [-0.4, -0.2) is 0 Å². The summed E-state index contributed by atoms with van der Waals surface area (Å²) in [6, 6.07) is 0. The van der Waals surface area contributed by atoms with Gasteiger partial charge in [-0.3, -0.25) is 0 Å². The van der Waals surface area contributed by atoms with Gasteiger partial charge in [-0.15, -0.1) is 0 Å². The van der Waals surface area contributed by atoms with E-state index in [1.54, 1.807) is 0 Å². The van der Waals surface area contributed by atoms with Crippen molar-refractivity contribution in [1.29, 1.82) is 0 Å². The lowest BCUT2D eigenvalue weighted by Gasteiger charge is -2.03. The van der Waals surface area contributed by atoms with Crippen molar-refractivity contribution in [2.24, 2.45) is 0 Å². The van der Waals surface area contributed by atoms with Crippen molar-refractivity contribution in [2.75, 3.05) is 0 Å². The molecular weight excluding hydrogens is 288 g/mol. The van der Waals surface area contributed by atoms with Crippen molar-refractivity contribution in [3.8, 4) is 0 Å². The Labute approximate surface area is 152 Å². The van der Waals surface area contributed by atoms with Crippen molar-refractivity contribution in [3.63, 3.8) is 0 Å². The third kappa shape index (κ3) is 16.1. The zero-order chi connectivity index (χ0) is 17.0. The van der Waals surface area contributed by atoms with E-state index in [-0.39, 0.29) is 0 Å². The van der Waals surface area contributed by atoms with Gasteiger partial charge in [0.15, 0.2) is 0 Å². The van der Waals surface area contributed by atoms with Crippen molar-refractivity contribution >= 4 is 0 Å². The quantitative estimate of drug-likeness (QED) is 0.416. The molecule has 0 aromatic carbocycles. The molecule has 0 saturated heterocycles. The summed E-state index contributed by atoms with van der Waals surface area (Å²) in [6.45, 7) is 0. The molecule has 0 aliphatic heterocycles. The smallest absolute Gasteiger partial charge is 0.0348 e. The SMILES string of the molecule is C1=CCCCCCCCCCCCCCCCCCC/C=C\C=C\1. The Morgan fingerprint density at radius 2 is 0.500 bits per heavy atom. The predicted molar refractivity (Wildman–Crippen MR) is 111 cm³/mol. The fourth-order valence-electron chi connectivity index (χ4n) is 3.48. The van der Waals surface area contributed by atoms with E-state index in [1.807, 2.05) is 0 Å². The summed E-state index contributed by atoms with van der Waals surface area (Å²) in [7, 11) is 0. The molecule has 0 aromatic heterocycles. The Kier molecular flexibility index (Phi) is 16.4. The first-order valence-corrected chi connectivity index (χ1v) is 11.0. The standard InChI is InChI=1S/C24H42/c1-2-4-6-8-10-12-14-16-18-20-22-24-23-21-19-17-15-13-11-9-7-5-3-1/h1-6H,7-24H2/b2-1+,5-3-,6-4?. The molecule has 0 spiro atoms. The highest BCUT2D eigenvalue weighted by molar-refractivity contribution is 5.10. The molecular formula is C24H42. The van der Waals surface area contributed by atoms with Crippen LogP contribution in [0.15, 0.2) is 36.5 Å². The Morgan fingerprint density at radius 3 is 0.792 bits per heavy atom. The molecule has 1 aliphatic carbocycles. The van der Waals surface area contributed by atoms with Gasteiger partial charge in [0, 0.05) is 0 Å². The van der Waals surface area contributed by atoms with Gasteiger partial charge < -0.3 is 0 Å². The van der Waals surface area contributed by atoms with E-state index in [4.69, 9.17) is 0 Å². The van der Waals surface area contributed by atoms with Crippen LogP contribution >= 0.6 is 0 Å². The third-order valence-corrected chi connectivity index (χ3v) is 5.10. The van der Waals surface area contributed by atoms with Crippen molar-refractivity contribution < 1.29 is 0 Å². The first kappa shape index (κ1) is 21.3. The van der Waals surface area contributed by atoms with Gasteiger partial charge in [0.05, 0.1) is 0 Å². The Balaban J connectivity index is 2.15. The predicted octanol–water partition coefficient (Wildman–Crippen LogP) is 8.69. The van der Waals surface area contributed by atoms with Crippen molar-refractivity contribution in [2.45, 2.75) is 116 Å². The molecule has 1 rings (SSSR count). The van der Waals surface area contributed by atoms with Crippen LogP contribution in [0.2, 0.25) is 0 Å². The Morgan fingerprint density at radius 1 is 0.250 bits per heavy atom. The summed E-state index contributed by atoms with van der Waals surface area (Å²) in [5.41, 5.74) is 0. The molecule has 0 heterocycles. The van der Waals surface area contributed by atoms with Gasteiger partial charge in [-0.25, -0.2) is 0 Å². The van der Waals surface area contributed by atoms with Crippen LogP contribution in [-0.2, 0) is 0 Å². The van der Waals surface area contributed by atoms with Gasteiger partial charge in [0.2, 0.25) is 0 Å². The zero-order valence-electron chi connectivity index (χ0n) is 16.2. The molecule has 1 aliphatic rings. The largest absolute Gasteiger partial charge is 0.0845 e. The number of allylic oxidation sites excluding steroid dienone is 6. The van der Waals surface area contributed by atoms with Crippen LogP contribution in [0.5, 0.6) is 0 Å². The van der Waals surface area contributed by atoms with Crippen LogP contribution in [0, 0.1) is 0 Å². The lowest BCUT2D eigenvalue weighted by Crippen LogP contribution is -1.84. The average molecular weight is 331 g/mol. The second-order valence-electron chi connectivity index (χ2n) is 7.48. The summed E-state index contributed by atoms with van der Waals surface area (Å²) in [4.78, 5) is 0. The first-order valence-electron chi connectivity index (χ1n) is 11.0. The molecule has 0 unspecified atom stereocenters. The van der Waals surface area contributed by atoms with Gasteiger partial charge in [-0.2, -0.15) is 0 Å². The van der Waals surface area contributed by atoms with E-state index in [1.165, 1.54) is 116 Å². The molecule has 0 nitrogen and oxygen atoms in total. The maximum atomic E-state index is 2.32. The normalized spacial score (nSPS) is 24.7. The summed E-state index contributed by atoms with van der Waals surface area (Å²) in [6.07, 6.45) is 39.0. The molecule has 0 saturated carbocycles. The van der Waals surface area contributed by atoms with Gasteiger partial charge in [0.1, 0.15) is 0 Å². The minimum atomic E-state index is 1.24. The number of rotatable bonds is 0. The highest BCUT2D eigenvalue weighted by Crippen LogP contribution is 2.14. The maximum absolute atomic E-state index is 2.32. The minimum absolute atomic E-state index is 1.24. The maximum Gasteiger partial charge on any atom is -0.0348 e. The second kappa shape index (κ2) is 18.6. The summed E-state index contributed by atoms with van der Waals surface area (Å²) >= 11 is 0. The molecule has 0 amide bonds. The topological polar surface area (TPSA) is 0 Å². The first-order chi connectivity index (χ1) is 12.0. The molecule has 0 heteroatoms. The highest BCUT2D eigenvalue weighted by Gasteiger charge is 1.94. The van der Waals surface area contributed by atoms with Crippen LogP contribution in [0.25, 0.3) is 0 Å². The molecule has 0 radical (unpaired) electrons. The molecule has 0 N–H and O–H groups in total. The summed E-state index contributed by atoms with van der Waals surface area (Å²) in [5.74, 6) is 0. The van der Waals surface area contributed by atoms with E-state index < -0.39 is 0 Å². The summed E-state index contributed by atoms with van der Waals surface area (Å²) in [5, 5.41) is 0. The molecule has 0 bridgehead atoms. The summed E-state index contributed by atoms with van der Waals surface area (Å²) < 4.78 is 0. The number of hydrogen-bond acceptors (Lipinski definition) is 0. The van der Waals surface area contributed by atoms with E-state index >= 15 is 0 Å². The zero-order valence-corrected chi connectivity index (χ0v) is 16.2. The van der Waals surface area contributed by atoms with Gasteiger partial charge in [-0.05, 0) is 25.7 Å². The van der Waals surface area contributed by atoms with E-state index in [2.05, 4.69) is 36.5 Å². The Bertz CT molecular complexity index is 289. The van der Waals surface area contributed by atoms with Gasteiger partial charge in [0.25, 0.3) is 0 Å². The molecule has 138 valence electrons. The third-order valence-electron chi connectivity index (χ3n) is 5.10. The lowest BCUT2D eigenvalue weighted by atomic mass is 10.0. The minimum Gasteiger partial charge on any atom is -0.0845 e. The Hall–Kier alpha value is -0.780. The van der Waals surface area contributed by atoms with E-state index in [0.717, 1.165) is 0 Å². The highest BCUT2D eigenvalue weighted by atomic mass is 14.0. The second-order valence-corrected chi connectivity index (χ2v) is 7.48.